The predicted molar refractivity (Wildman–Crippen MR) is 116 cm³/mol. The molecule has 4 aromatic rings. The van der Waals surface area contributed by atoms with Crippen molar-refractivity contribution in [3.05, 3.63) is 79.3 Å². The minimum absolute atomic E-state index is 0.257. The van der Waals surface area contributed by atoms with E-state index in [4.69, 9.17) is 34.8 Å². The van der Waals surface area contributed by atoms with Crippen LogP contribution in [0, 0.1) is 0 Å². The lowest BCUT2D eigenvalue weighted by molar-refractivity contribution is 0.846. The van der Waals surface area contributed by atoms with E-state index < -0.39 is 0 Å². The Morgan fingerprint density at radius 3 is 2.43 bits per heavy atom. The summed E-state index contributed by atoms with van der Waals surface area (Å²) in [5.74, 6) is 0.527. The van der Waals surface area contributed by atoms with Gasteiger partial charge in [-0.3, -0.25) is 4.79 Å². The molecule has 142 valence electrons. The van der Waals surface area contributed by atoms with Crippen LogP contribution in [0.25, 0.3) is 16.7 Å². The molecule has 1 N–H and O–H groups in total. The van der Waals surface area contributed by atoms with Gasteiger partial charge in [0.25, 0.3) is 5.56 Å². The molecule has 0 spiro atoms. The number of H-pyrrole nitrogens is 1. The van der Waals surface area contributed by atoms with Crippen molar-refractivity contribution in [2.75, 3.05) is 6.26 Å². The highest BCUT2D eigenvalue weighted by Crippen LogP contribution is 2.34. The van der Waals surface area contributed by atoms with E-state index in [1.54, 1.807) is 12.1 Å². The summed E-state index contributed by atoms with van der Waals surface area (Å²) in [7, 11) is 0. The number of rotatable bonds is 4. The van der Waals surface area contributed by atoms with Gasteiger partial charge in [-0.2, -0.15) is 5.10 Å². The Morgan fingerprint density at radius 1 is 1.11 bits per heavy atom. The number of aromatic nitrogens is 4. The fraction of sp³-hybridized carbons (Fsp3) is 0.105. The Morgan fingerprint density at radius 2 is 1.79 bits per heavy atom. The second-order valence-corrected chi connectivity index (χ2v) is 8.06. The molecule has 2 aromatic carbocycles. The minimum Gasteiger partial charge on any atom is -0.310 e. The highest BCUT2D eigenvalue weighted by atomic mass is 35.5. The fourth-order valence-corrected chi connectivity index (χ4v) is 4.48. The van der Waals surface area contributed by atoms with E-state index in [0.29, 0.717) is 49.1 Å². The molecule has 0 amide bonds. The van der Waals surface area contributed by atoms with Crippen LogP contribution < -0.4 is 5.56 Å². The van der Waals surface area contributed by atoms with Crippen LogP contribution in [-0.2, 0) is 6.42 Å². The van der Waals surface area contributed by atoms with Crippen LogP contribution in [0.15, 0.2) is 52.3 Å². The van der Waals surface area contributed by atoms with E-state index in [-0.39, 0.29) is 5.56 Å². The molecular weight excluding hydrogens is 439 g/mol. The third-order valence-corrected chi connectivity index (χ3v) is 5.62. The summed E-state index contributed by atoms with van der Waals surface area (Å²) in [5, 5.41) is 6.51. The smallest absolute Gasteiger partial charge is 0.263 e. The molecular formula is C19H13Cl3N4OS. The van der Waals surface area contributed by atoms with Gasteiger partial charge in [-0.05, 0) is 24.0 Å². The number of nitrogens with zero attached hydrogens (tertiary/aromatic N) is 3. The number of hydrogen-bond acceptors (Lipinski definition) is 4. The number of fused-ring (bicyclic) bond motifs is 1. The van der Waals surface area contributed by atoms with Crippen molar-refractivity contribution in [1.82, 2.24) is 19.7 Å². The largest absolute Gasteiger partial charge is 0.310 e. The monoisotopic (exact) mass is 450 g/mol. The third kappa shape index (κ3) is 3.53. The lowest BCUT2D eigenvalue weighted by Crippen LogP contribution is -2.13. The number of aromatic amines is 1. The average Bonchev–Trinajstić information content (AvgIpc) is 3.01. The van der Waals surface area contributed by atoms with Gasteiger partial charge in [0.05, 0.1) is 10.0 Å². The molecule has 0 radical (unpaired) electrons. The molecule has 4 rings (SSSR count). The van der Waals surface area contributed by atoms with E-state index in [2.05, 4.69) is 15.1 Å². The van der Waals surface area contributed by atoms with Gasteiger partial charge >= 0.3 is 0 Å². The molecule has 0 bridgehead atoms. The molecule has 9 heteroatoms. The zero-order valence-electron chi connectivity index (χ0n) is 14.5. The Labute approximate surface area is 179 Å². The molecule has 5 nitrogen and oxygen atoms in total. The van der Waals surface area contributed by atoms with Crippen molar-refractivity contribution < 1.29 is 0 Å². The van der Waals surface area contributed by atoms with Gasteiger partial charge in [-0.1, -0.05) is 65.1 Å². The van der Waals surface area contributed by atoms with Crippen LogP contribution in [0.5, 0.6) is 0 Å². The van der Waals surface area contributed by atoms with E-state index in [1.165, 1.54) is 16.4 Å². The number of nitrogens with one attached hydrogen (secondary N) is 1. The Balaban J connectivity index is 1.96. The van der Waals surface area contributed by atoms with Gasteiger partial charge in [0.2, 0.25) is 0 Å². The highest BCUT2D eigenvalue weighted by molar-refractivity contribution is 7.98. The number of halogens is 3. The molecule has 0 aliphatic heterocycles. The summed E-state index contributed by atoms with van der Waals surface area (Å²) in [4.78, 5) is 20.3. The molecule has 0 aliphatic rings. The maximum Gasteiger partial charge on any atom is 0.263 e. The lowest BCUT2D eigenvalue weighted by Gasteiger charge is -2.09. The molecule has 2 heterocycles. The number of benzene rings is 2. The van der Waals surface area contributed by atoms with Gasteiger partial charge in [-0.15, -0.1) is 11.8 Å². The van der Waals surface area contributed by atoms with Crippen molar-refractivity contribution in [1.29, 1.82) is 0 Å². The lowest BCUT2D eigenvalue weighted by atomic mass is 10.1. The molecule has 0 atom stereocenters. The number of thioether (sulfide) groups is 1. The normalized spacial score (nSPS) is 11.3. The van der Waals surface area contributed by atoms with Crippen LogP contribution in [-0.4, -0.2) is 26.0 Å². The van der Waals surface area contributed by atoms with Crippen molar-refractivity contribution >= 4 is 57.6 Å². The molecule has 2 aromatic heterocycles. The van der Waals surface area contributed by atoms with Gasteiger partial charge < -0.3 is 4.98 Å². The van der Waals surface area contributed by atoms with E-state index in [9.17, 15) is 4.79 Å². The number of hydrogen-bond donors (Lipinski definition) is 1. The van der Waals surface area contributed by atoms with Crippen LogP contribution in [0.2, 0.25) is 15.1 Å². The topological polar surface area (TPSA) is 63.6 Å². The quantitative estimate of drug-likeness (QED) is 0.423. The molecule has 0 unspecified atom stereocenters. The van der Waals surface area contributed by atoms with Crippen LogP contribution in [0.3, 0.4) is 0 Å². The van der Waals surface area contributed by atoms with Crippen molar-refractivity contribution in [2.24, 2.45) is 0 Å². The summed E-state index contributed by atoms with van der Waals surface area (Å²) >= 11 is 20.1. The summed E-state index contributed by atoms with van der Waals surface area (Å²) in [5.41, 5.74) is 1.60. The first-order chi connectivity index (χ1) is 13.5. The van der Waals surface area contributed by atoms with Crippen molar-refractivity contribution in [2.45, 2.75) is 11.4 Å². The molecule has 0 saturated carbocycles. The maximum atomic E-state index is 12.8. The van der Waals surface area contributed by atoms with Crippen molar-refractivity contribution in [3.63, 3.8) is 0 Å². The van der Waals surface area contributed by atoms with Crippen molar-refractivity contribution in [3.8, 4) is 5.69 Å². The summed E-state index contributed by atoms with van der Waals surface area (Å²) in [6.45, 7) is 0. The predicted octanol–water partition coefficient (Wildman–Crippen LogP) is 5.38. The minimum atomic E-state index is -0.257. The Bertz CT molecular complexity index is 1210. The summed E-state index contributed by atoms with van der Waals surface area (Å²) in [6, 6.07) is 12.9. The van der Waals surface area contributed by atoms with Crippen LogP contribution in [0.1, 0.15) is 11.4 Å². The molecule has 0 saturated heterocycles. The van der Waals surface area contributed by atoms with Gasteiger partial charge in [0.15, 0.2) is 5.65 Å². The SMILES string of the molecule is CSc1nn(-c2c(Cl)cc(Cl)cc2Cl)c2nc(Cc3ccccc3)[nH]c(=O)c12. The van der Waals surface area contributed by atoms with Crippen LogP contribution in [0.4, 0.5) is 0 Å². The zero-order valence-corrected chi connectivity index (χ0v) is 17.6. The molecule has 0 fully saturated rings. The van der Waals surface area contributed by atoms with Crippen LogP contribution >= 0.6 is 46.6 Å². The van der Waals surface area contributed by atoms with E-state index in [0.717, 1.165) is 5.56 Å². The summed E-state index contributed by atoms with van der Waals surface area (Å²) in [6.07, 6.45) is 2.32. The second kappa shape index (κ2) is 7.79. The second-order valence-electron chi connectivity index (χ2n) is 6.01. The third-order valence-electron chi connectivity index (χ3n) is 4.16. The van der Waals surface area contributed by atoms with Gasteiger partial charge in [0.1, 0.15) is 21.9 Å². The average molecular weight is 452 g/mol. The Hall–Kier alpha value is -1.99. The first kappa shape index (κ1) is 19.3. The van der Waals surface area contributed by atoms with E-state index in [1.807, 2.05) is 36.6 Å². The fourth-order valence-electron chi connectivity index (χ4n) is 2.95. The molecule has 28 heavy (non-hydrogen) atoms. The molecule has 0 aliphatic carbocycles. The Kier molecular flexibility index (Phi) is 5.38. The van der Waals surface area contributed by atoms with Gasteiger partial charge in [-0.25, -0.2) is 9.67 Å². The first-order valence-electron chi connectivity index (χ1n) is 8.22. The van der Waals surface area contributed by atoms with E-state index >= 15 is 0 Å². The zero-order chi connectivity index (χ0) is 19.8. The highest BCUT2D eigenvalue weighted by Gasteiger charge is 2.21. The maximum absolute atomic E-state index is 12.8. The first-order valence-corrected chi connectivity index (χ1v) is 10.6. The standard InChI is InChI=1S/C19H13Cl3N4OS/c1-28-19-15-17(26(25-19)16-12(21)8-11(20)9-13(16)22)23-14(24-18(15)27)7-10-5-3-2-4-6-10/h2-6,8-9H,7H2,1H3,(H,23,24,27). The summed E-state index contributed by atoms with van der Waals surface area (Å²) < 4.78 is 1.51. The van der Waals surface area contributed by atoms with Gasteiger partial charge in [0, 0.05) is 11.4 Å².